The third kappa shape index (κ3) is 4.25. The van der Waals surface area contributed by atoms with Crippen molar-refractivity contribution in [3.63, 3.8) is 0 Å². The lowest BCUT2D eigenvalue weighted by Crippen LogP contribution is -2.27. The number of non-ortho nitro benzene ring substituents is 1. The maximum Gasteiger partial charge on any atom is 0.419 e. The molecule has 0 aliphatic heterocycles. The van der Waals surface area contributed by atoms with E-state index in [1.54, 1.807) is 19.1 Å². The van der Waals surface area contributed by atoms with Crippen LogP contribution >= 0.6 is 0 Å². The number of halogens is 1. The van der Waals surface area contributed by atoms with E-state index in [9.17, 15) is 24.1 Å². The lowest BCUT2D eigenvalue weighted by molar-refractivity contribution is -0.384. The van der Waals surface area contributed by atoms with Crippen LogP contribution in [0.3, 0.4) is 0 Å². The number of nitrogens with one attached hydrogen (secondary N) is 1. The van der Waals surface area contributed by atoms with Crippen LogP contribution in [0.1, 0.15) is 31.4 Å². The first-order valence-electron chi connectivity index (χ1n) is 8.68. The molecular formula is C19H18FN3O5. The first-order valence-corrected chi connectivity index (χ1v) is 8.68. The molecule has 3 rings (SSSR count). The van der Waals surface area contributed by atoms with Crippen LogP contribution < -0.4 is 11.1 Å². The highest BCUT2D eigenvalue weighted by molar-refractivity contribution is 5.77. The summed E-state index contributed by atoms with van der Waals surface area (Å²) in [6.45, 7) is 2.04. The summed E-state index contributed by atoms with van der Waals surface area (Å²) in [5.41, 5.74) is 1.19. The lowest BCUT2D eigenvalue weighted by Gasteiger charge is -2.14. The van der Waals surface area contributed by atoms with E-state index >= 15 is 0 Å². The Labute approximate surface area is 158 Å². The molecule has 1 heterocycles. The predicted octanol–water partition coefficient (Wildman–Crippen LogP) is 3.30. The number of hydrogen-bond donors (Lipinski definition) is 1. The zero-order valence-electron chi connectivity index (χ0n) is 15.1. The van der Waals surface area contributed by atoms with Gasteiger partial charge in [-0.2, -0.15) is 0 Å². The summed E-state index contributed by atoms with van der Waals surface area (Å²) in [7, 11) is 0. The van der Waals surface area contributed by atoms with Crippen molar-refractivity contribution in [3.05, 3.63) is 74.5 Å². The molecule has 1 amide bonds. The number of carbonyl (C=O) groups excluding carboxylic acids is 1. The number of rotatable bonds is 7. The van der Waals surface area contributed by atoms with Crippen molar-refractivity contribution >= 4 is 22.7 Å². The minimum absolute atomic E-state index is 0.133. The van der Waals surface area contributed by atoms with Crippen LogP contribution in [0.5, 0.6) is 0 Å². The number of amides is 1. The average Bonchev–Trinajstić information content (AvgIpc) is 2.96. The van der Waals surface area contributed by atoms with Crippen LogP contribution in [0.4, 0.5) is 10.1 Å². The molecule has 28 heavy (non-hydrogen) atoms. The van der Waals surface area contributed by atoms with Gasteiger partial charge in [-0.05, 0) is 37.1 Å². The van der Waals surface area contributed by atoms with E-state index in [1.165, 1.54) is 34.9 Å². The third-order valence-electron chi connectivity index (χ3n) is 4.40. The first kappa shape index (κ1) is 19.3. The molecule has 9 heteroatoms. The highest BCUT2D eigenvalue weighted by Gasteiger charge is 2.15. The Bertz CT molecular complexity index is 1070. The highest BCUT2D eigenvalue weighted by Crippen LogP contribution is 2.20. The van der Waals surface area contributed by atoms with Crippen molar-refractivity contribution in [2.75, 3.05) is 0 Å². The molecule has 0 unspecified atom stereocenters. The molecular weight excluding hydrogens is 369 g/mol. The molecule has 0 spiro atoms. The molecule has 0 saturated heterocycles. The quantitative estimate of drug-likeness (QED) is 0.494. The van der Waals surface area contributed by atoms with E-state index in [1.807, 2.05) is 0 Å². The monoisotopic (exact) mass is 387 g/mol. The topological polar surface area (TPSA) is 107 Å². The van der Waals surface area contributed by atoms with Crippen molar-refractivity contribution in [3.8, 4) is 0 Å². The fourth-order valence-corrected chi connectivity index (χ4v) is 2.93. The van der Waals surface area contributed by atoms with Crippen LogP contribution in [-0.2, 0) is 11.3 Å². The zero-order chi connectivity index (χ0) is 20.3. The van der Waals surface area contributed by atoms with Crippen LogP contribution in [0.15, 0.2) is 51.7 Å². The molecule has 1 N–H and O–H groups in total. The number of hydrogen-bond acceptors (Lipinski definition) is 5. The van der Waals surface area contributed by atoms with Crippen LogP contribution in [0, 0.1) is 15.9 Å². The Hall–Kier alpha value is -3.49. The van der Waals surface area contributed by atoms with E-state index in [2.05, 4.69) is 5.32 Å². The van der Waals surface area contributed by atoms with Crippen molar-refractivity contribution in [1.82, 2.24) is 9.88 Å². The van der Waals surface area contributed by atoms with Crippen LogP contribution in [0.25, 0.3) is 11.1 Å². The van der Waals surface area contributed by atoms with E-state index in [0.29, 0.717) is 11.9 Å². The Morgan fingerprint density at radius 3 is 2.68 bits per heavy atom. The van der Waals surface area contributed by atoms with Crippen molar-refractivity contribution in [1.29, 1.82) is 0 Å². The number of aromatic nitrogens is 1. The summed E-state index contributed by atoms with van der Waals surface area (Å²) in [4.78, 5) is 34.3. The summed E-state index contributed by atoms with van der Waals surface area (Å²) >= 11 is 0. The van der Waals surface area contributed by atoms with E-state index in [-0.39, 0.29) is 42.0 Å². The van der Waals surface area contributed by atoms with Gasteiger partial charge in [-0.1, -0.05) is 12.1 Å². The van der Waals surface area contributed by atoms with Gasteiger partial charge in [0, 0.05) is 19.0 Å². The number of nitro groups is 1. The molecule has 1 aromatic heterocycles. The molecule has 0 fully saturated rings. The molecule has 3 aromatic rings. The maximum atomic E-state index is 13.0. The smallest absolute Gasteiger partial charge is 0.407 e. The number of oxazole rings is 1. The summed E-state index contributed by atoms with van der Waals surface area (Å²) in [6.07, 6.45) is 0.561. The molecule has 8 nitrogen and oxygen atoms in total. The van der Waals surface area contributed by atoms with Crippen molar-refractivity contribution in [2.24, 2.45) is 0 Å². The second-order valence-corrected chi connectivity index (χ2v) is 6.37. The Morgan fingerprint density at radius 1 is 1.29 bits per heavy atom. The molecule has 0 bridgehead atoms. The Balaban J connectivity index is 1.59. The van der Waals surface area contributed by atoms with Gasteiger partial charge in [0.15, 0.2) is 5.58 Å². The second kappa shape index (κ2) is 8.03. The van der Waals surface area contributed by atoms with Gasteiger partial charge in [0.2, 0.25) is 5.91 Å². The largest absolute Gasteiger partial charge is 0.419 e. The minimum Gasteiger partial charge on any atom is -0.407 e. The number of nitro benzene ring substituents is 1. The fraction of sp³-hybridized carbons (Fsp3) is 0.263. The number of fused-ring (bicyclic) bond motifs is 1. The predicted molar refractivity (Wildman–Crippen MR) is 99.3 cm³/mol. The average molecular weight is 387 g/mol. The van der Waals surface area contributed by atoms with Gasteiger partial charge in [-0.25, -0.2) is 9.18 Å². The van der Waals surface area contributed by atoms with Crippen LogP contribution in [0.2, 0.25) is 0 Å². The third-order valence-corrected chi connectivity index (χ3v) is 4.40. The van der Waals surface area contributed by atoms with E-state index in [0.717, 1.165) is 5.56 Å². The molecule has 1 atom stereocenters. The normalized spacial score (nSPS) is 12.1. The van der Waals surface area contributed by atoms with Gasteiger partial charge in [-0.3, -0.25) is 19.5 Å². The number of nitrogens with zero attached hydrogens (tertiary/aromatic N) is 2. The van der Waals surface area contributed by atoms with Crippen LogP contribution in [-0.4, -0.2) is 15.4 Å². The zero-order valence-corrected chi connectivity index (χ0v) is 15.1. The van der Waals surface area contributed by atoms with Gasteiger partial charge < -0.3 is 9.73 Å². The standard InChI is InChI=1S/C19H18FN3O5/c1-12(13-4-6-14(20)7-5-13)21-18(24)3-2-10-22-16-9-8-15(23(26)27)11-17(16)28-19(22)25/h4-9,11-12H,2-3,10H2,1H3,(H,21,24)/t12-/m1/s1. The van der Waals surface area contributed by atoms with Gasteiger partial charge in [0.05, 0.1) is 22.5 Å². The molecule has 0 aliphatic rings. The highest BCUT2D eigenvalue weighted by atomic mass is 19.1. The lowest BCUT2D eigenvalue weighted by atomic mass is 10.1. The summed E-state index contributed by atoms with van der Waals surface area (Å²) in [6, 6.07) is 9.56. The van der Waals surface area contributed by atoms with Gasteiger partial charge in [0.1, 0.15) is 5.82 Å². The fourth-order valence-electron chi connectivity index (χ4n) is 2.93. The van der Waals surface area contributed by atoms with Gasteiger partial charge in [0.25, 0.3) is 5.69 Å². The molecule has 0 radical (unpaired) electrons. The summed E-state index contributed by atoms with van der Waals surface area (Å²) in [5, 5.41) is 13.6. The Morgan fingerprint density at radius 2 is 2.00 bits per heavy atom. The van der Waals surface area contributed by atoms with Crippen molar-refractivity contribution < 1.29 is 18.5 Å². The minimum atomic E-state index is -0.629. The summed E-state index contributed by atoms with van der Waals surface area (Å²) < 4.78 is 19.4. The van der Waals surface area contributed by atoms with Gasteiger partial charge >= 0.3 is 5.76 Å². The molecule has 0 aliphatic carbocycles. The maximum absolute atomic E-state index is 13.0. The second-order valence-electron chi connectivity index (χ2n) is 6.37. The molecule has 146 valence electrons. The molecule has 2 aromatic carbocycles. The first-order chi connectivity index (χ1) is 13.3. The van der Waals surface area contributed by atoms with E-state index < -0.39 is 10.7 Å². The van der Waals surface area contributed by atoms with Gasteiger partial charge in [-0.15, -0.1) is 0 Å². The van der Waals surface area contributed by atoms with Crippen molar-refractivity contribution in [2.45, 2.75) is 32.4 Å². The SMILES string of the molecule is C[C@@H](NC(=O)CCCn1c(=O)oc2cc([N+](=O)[O-])ccc21)c1ccc(F)cc1. The Kier molecular flexibility index (Phi) is 5.53. The number of aryl methyl sites for hydroxylation is 1. The number of carbonyl (C=O) groups is 1. The van der Waals surface area contributed by atoms with E-state index in [4.69, 9.17) is 4.42 Å². The summed E-state index contributed by atoms with van der Waals surface area (Å²) in [5.74, 6) is -1.17. The molecule has 0 saturated carbocycles. The number of benzene rings is 2.